The van der Waals surface area contributed by atoms with E-state index in [1.807, 2.05) is 13.0 Å². The third-order valence-corrected chi connectivity index (χ3v) is 3.88. The summed E-state index contributed by atoms with van der Waals surface area (Å²) in [6.07, 6.45) is 0.421. The van der Waals surface area contributed by atoms with Gasteiger partial charge in [-0.25, -0.2) is 0 Å². The van der Waals surface area contributed by atoms with E-state index in [0.717, 1.165) is 4.88 Å². The van der Waals surface area contributed by atoms with Gasteiger partial charge in [0, 0.05) is 31.6 Å². The first-order valence-corrected chi connectivity index (χ1v) is 7.48. The molecular formula is C14H22N2O4S. The maximum Gasteiger partial charge on any atom is 0.261 e. The van der Waals surface area contributed by atoms with Crippen LogP contribution in [0.3, 0.4) is 0 Å². The highest BCUT2D eigenvalue weighted by Crippen LogP contribution is 2.14. The fraction of sp³-hybridized carbons (Fsp3) is 0.571. The van der Waals surface area contributed by atoms with E-state index in [0.29, 0.717) is 17.9 Å². The first-order chi connectivity index (χ1) is 9.84. The van der Waals surface area contributed by atoms with E-state index in [1.54, 1.807) is 20.1 Å². The molecule has 7 heteroatoms. The predicted octanol–water partition coefficient (Wildman–Crippen LogP) is 0.690. The van der Waals surface area contributed by atoms with Gasteiger partial charge in [-0.15, -0.1) is 11.3 Å². The monoisotopic (exact) mass is 314 g/mol. The van der Waals surface area contributed by atoms with Crippen LogP contribution in [0, 0.1) is 6.92 Å². The van der Waals surface area contributed by atoms with Crippen LogP contribution in [-0.2, 0) is 9.53 Å². The van der Waals surface area contributed by atoms with Gasteiger partial charge in [-0.1, -0.05) is 0 Å². The lowest BCUT2D eigenvalue weighted by Crippen LogP contribution is -2.44. The van der Waals surface area contributed by atoms with Gasteiger partial charge < -0.3 is 20.5 Å². The minimum Gasteiger partial charge on any atom is -0.388 e. The van der Waals surface area contributed by atoms with Crippen molar-refractivity contribution in [1.82, 2.24) is 10.6 Å². The second kappa shape index (κ2) is 8.11. The molecule has 0 fully saturated rings. The van der Waals surface area contributed by atoms with Crippen molar-refractivity contribution < 1.29 is 19.4 Å². The summed E-state index contributed by atoms with van der Waals surface area (Å²) in [5, 5.41) is 15.1. The summed E-state index contributed by atoms with van der Waals surface area (Å²) in [6, 6.07) is 3.58. The van der Waals surface area contributed by atoms with Gasteiger partial charge in [0.05, 0.1) is 17.0 Å². The van der Waals surface area contributed by atoms with Gasteiger partial charge in [0.2, 0.25) is 5.91 Å². The summed E-state index contributed by atoms with van der Waals surface area (Å²) < 4.78 is 4.89. The molecule has 0 aliphatic rings. The molecule has 0 radical (unpaired) electrons. The highest BCUT2D eigenvalue weighted by atomic mass is 32.1. The maximum atomic E-state index is 11.8. The second-order valence-corrected chi connectivity index (χ2v) is 6.40. The van der Waals surface area contributed by atoms with E-state index >= 15 is 0 Å². The van der Waals surface area contributed by atoms with E-state index in [2.05, 4.69) is 10.6 Å². The number of carbonyl (C=O) groups excluding carboxylic acids is 2. The van der Waals surface area contributed by atoms with Crippen molar-refractivity contribution in [3.8, 4) is 0 Å². The highest BCUT2D eigenvalue weighted by molar-refractivity contribution is 7.13. The summed E-state index contributed by atoms with van der Waals surface area (Å²) >= 11 is 1.38. The number of carbonyl (C=O) groups is 2. The fourth-order valence-electron chi connectivity index (χ4n) is 1.57. The Morgan fingerprint density at radius 2 is 2.10 bits per heavy atom. The molecule has 1 unspecified atom stereocenters. The van der Waals surface area contributed by atoms with Gasteiger partial charge in [-0.3, -0.25) is 9.59 Å². The van der Waals surface area contributed by atoms with Crippen molar-refractivity contribution >= 4 is 23.2 Å². The molecular weight excluding hydrogens is 292 g/mol. The smallest absolute Gasteiger partial charge is 0.261 e. The lowest BCUT2D eigenvalue weighted by Gasteiger charge is -2.23. The molecule has 1 aromatic rings. The topological polar surface area (TPSA) is 87.7 Å². The number of ether oxygens (including phenoxy) is 1. The van der Waals surface area contributed by atoms with E-state index in [1.165, 1.54) is 11.3 Å². The van der Waals surface area contributed by atoms with Crippen LogP contribution in [0.15, 0.2) is 12.1 Å². The molecule has 3 N–H and O–H groups in total. The van der Waals surface area contributed by atoms with Gasteiger partial charge in [0.15, 0.2) is 0 Å². The molecule has 0 saturated carbocycles. The average Bonchev–Trinajstić information content (AvgIpc) is 2.87. The quantitative estimate of drug-likeness (QED) is 0.659. The standard InChI is InChI=1S/C14H22N2O4S/c1-10-4-5-11(21-10)13(18)15-8-12(17)16-9-14(2,19)6-7-20-3/h4-5,19H,6-9H2,1-3H3,(H,15,18)(H,16,17). The van der Waals surface area contributed by atoms with Crippen molar-refractivity contribution in [2.75, 3.05) is 26.8 Å². The first kappa shape index (κ1) is 17.6. The summed E-state index contributed by atoms with van der Waals surface area (Å²) in [6.45, 7) is 3.95. The number of hydrogen-bond donors (Lipinski definition) is 3. The van der Waals surface area contributed by atoms with Crippen molar-refractivity contribution in [3.63, 3.8) is 0 Å². The Morgan fingerprint density at radius 1 is 1.38 bits per heavy atom. The molecule has 0 aromatic carbocycles. The largest absolute Gasteiger partial charge is 0.388 e. The van der Waals surface area contributed by atoms with Crippen molar-refractivity contribution in [3.05, 3.63) is 21.9 Å². The maximum absolute atomic E-state index is 11.8. The summed E-state index contributed by atoms with van der Waals surface area (Å²) in [5.41, 5.74) is -1.03. The Labute approximate surface area is 128 Å². The Kier molecular flexibility index (Phi) is 6.80. The zero-order chi connectivity index (χ0) is 15.9. The van der Waals surface area contributed by atoms with Crippen LogP contribution in [0.1, 0.15) is 27.9 Å². The number of thiophene rings is 1. The summed E-state index contributed by atoms with van der Waals surface area (Å²) in [4.78, 5) is 25.0. The summed E-state index contributed by atoms with van der Waals surface area (Å²) in [7, 11) is 1.55. The SMILES string of the molecule is COCCC(C)(O)CNC(=O)CNC(=O)c1ccc(C)s1. The Bertz CT molecular complexity index is 485. The van der Waals surface area contributed by atoms with Crippen LogP contribution >= 0.6 is 11.3 Å². The van der Waals surface area contributed by atoms with E-state index in [-0.39, 0.29) is 24.9 Å². The molecule has 1 aromatic heterocycles. The molecule has 1 rings (SSSR count). The molecule has 1 atom stereocenters. The molecule has 1 heterocycles. The second-order valence-electron chi connectivity index (χ2n) is 5.11. The van der Waals surface area contributed by atoms with Gasteiger partial charge in [0.25, 0.3) is 5.91 Å². The van der Waals surface area contributed by atoms with Gasteiger partial charge >= 0.3 is 0 Å². The third kappa shape index (κ3) is 6.70. The minimum absolute atomic E-state index is 0.114. The molecule has 6 nitrogen and oxygen atoms in total. The highest BCUT2D eigenvalue weighted by Gasteiger charge is 2.21. The molecule has 0 aliphatic heterocycles. The van der Waals surface area contributed by atoms with Crippen molar-refractivity contribution in [1.29, 1.82) is 0 Å². The van der Waals surface area contributed by atoms with E-state index in [9.17, 15) is 14.7 Å². The average molecular weight is 314 g/mol. The number of hydrogen-bond acceptors (Lipinski definition) is 5. The molecule has 21 heavy (non-hydrogen) atoms. The van der Waals surface area contributed by atoms with Gasteiger partial charge in [-0.2, -0.15) is 0 Å². The molecule has 0 aliphatic carbocycles. The van der Waals surface area contributed by atoms with Crippen LogP contribution < -0.4 is 10.6 Å². The molecule has 0 spiro atoms. The van der Waals surface area contributed by atoms with Gasteiger partial charge in [-0.05, 0) is 26.0 Å². The van der Waals surface area contributed by atoms with Crippen LogP contribution in [0.25, 0.3) is 0 Å². The number of aryl methyl sites for hydroxylation is 1. The Morgan fingerprint density at radius 3 is 2.67 bits per heavy atom. The molecule has 0 saturated heterocycles. The molecule has 0 bridgehead atoms. The lowest BCUT2D eigenvalue weighted by molar-refractivity contribution is -0.121. The van der Waals surface area contributed by atoms with E-state index in [4.69, 9.17) is 4.74 Å². The fourth-order valence-corrected chi connectivity index (χ4v) is 2.35. The van der Waals surface area contributed by atoms with Crippen LogP contribution in [0.4, 0.5) is 0 Å². The Hall–Kier alpha value is -1.44. The zero-order valence-electron chi connectivity index (χ0n) is 12.6. The third-order valence-electron chi connectivity index (χ3n) is 2.88. The number of nitrogens with one attached hydrogen (secondary N) is 2. The predicted molar refractivity (Wildman–Crippen MR) is 81.5 cm³/mol. The number of aliphatic hydroxyl groups is 1. The first-order valence-electron chi connectivity index (χ1n) is 6.67. The Balaban J connectivity index is 2.29. The van der Waals surface area contributed by atoms with Crippen LogP contribution in [0.2, 0.25) is 0 Å². The van der Waals surface area contributed by atoms with Crippen LogP contribution in [-0.4, -0.2) is 49.3 Å². The van der Waals surface area contributed by atoms with Gasteiger partial charge in [0.1, 0.15) is 0 Å². The zero-order valence-corrected chi connectivity index (χ0v) is 13.4. The van der Waals surface area contributed by atoms with E-state index < -0.39 is 5.60 Å². The molecule has 118 valence electrons. The van der Waals surface area contributed by atoms with Crippen molar-refractivity contribution in [2.45, 2.75) is 25.9 Å². The summed E-state index contributed by atoms with van der Waals surface area (Å²) in [5.74, 6) is -0.608. The molecule has 2 amide bonds. The normalized spacial score (nSPS) is 13.5. The van der Waals surface area contributed by atoms with Crippen LogP contribution in [0.5, 0.6) is 0 Å². The number of amides is 2. The van der Waals surface area contributed by atoms with Crippen molar-refractivity contribution in [2.24, 2.45) is 0 Å². The number of methoxy groups -OCH3 is 1. The number of rotatable bonds is 8. The lowest BCUT2D eigenvalue weighted by atomic mass is 10.0. The minimum atomic E-state index is -1.03.